The van der Waals surface area contributed by atoms with E-state index in [2.05, 4.69) is 5.32 Å². The fourth-order valence-electron chi connectivity index (χ4n) is 0.849. The Morgan fingerprint density at radius 3 is 2.31 bits per heavy atom. The second-order valence-electron chi connectivity index (χ2n) is 2.88. The summed E-state index contributed by atoms with van der Waals surface area (Å²) in [5.74, 6) is -3.31. The van der Waals surface area contributed by atoms with Gasteiger partial charge in [-0.1, -0.05) is 18.2 Å². The molecule has 0 aromatic rings. The highest BCUT2D eigenvalue weighted by Crippen LogP contribution is 1.93. The van der Waals surface area contributed by atoms with Gasteiger partial charge in [-0.05, 0) is 6.92 Å². The Hall–Kier alpha value is -2.11. The lowest BCUT2D eigenvalue weighted by Crippen LogP contribution is -2.41. The first kappa shape index (κ1) is 13.9. The molecule has 0 aliphatic carbocycles. The highest BCUT2D eigenvalue weighted by molar-refractivity contribution is 5.92. The van der Waals surface area contributed by atoms with Crippen molar-refractivity contribution in [3.63, 3.8) is 0 Å². The smallest absolute Gasteiger partial charge is 0.326 e. The quantitative estimate of drug-likeness (QED) is 0.443. The van der Waals surface area contributed by atoms with Crippen LogP contribution in [0.3, 0.4) is 0 Å². The molecule has 0 radical (unpaired) electrons. The number of amides is 1. The van der Waals surface area contributed by atoms with Gasteiger partial charge in [0.2, 0.25) is 5.91 Å². The first-order valence-electron chi connectivity index (χ1n) is 4.51. The molecule has 0 spiro atoms. The van der Waals surface area contributed by atoms with Crippen molar-refractivity contribution in [2.45, 2.75) is 19.4 Å². The van der Waals surface area contributed by atoms with Crippen molar-refractivity contribution < 1.29 is 24.6 Å². The van der Waals surface area contributed by atoms with E-state index in [1.165, 1.54) is 6.08 Å². The summed E-state index contributed by atoms with van der Waals surface area (Å²) >= 11 is 0. The van der Waals surface area contributed by atoms with Crippen molar-refractivity contribution in [3.05, 3.63) is 24.3 Å². The zero-order valence-corrected chi connectivity index (χ0v) is 8.71. The summed E-state index contributed by atoms with van der Waals surface area (Å²) in [4.78, 5) is 32.0. The lowest BCUT2D eigenvalue weighted by molar-refractivity contribution is -0.146. The number of hydrogen-bond acceptors (Lipinski definition) is 3. The van der Waals surface area contributed by atoms with Gasteiger partial charge in [0.15, 0.2) is 0 Å². The van der Waals surface area contributed by atoms with Gasteiger partial charge in [-0.15, -0.1) is 0 Å². The number of allylic oxidation sites excluding steroid dienone is 3. The van der Waals surface area contributed by atoms with Crippen LogP contribution in [-0.2, 0) is 14.4 Å². The van der Waals surface area contributed by atoms with Gasteiger partial charge in [0.1, 0.15) is 6.04 Å². The molecule has 0 heterocycles. The molecule has 6 nitrogen and oxygen atoms in total. The van der Waals surface area contributed by atoms with Gasteiger partial charge in [0, 0.05) is 6.08 Å². The van der Waals surface area contributed by atoms with Crippen LogP contribution in [0.2, 0.25) is 0 Å². The molecule has 0 bridgehead atoms. The standard InChI is InChI=1S/C10H13NO5/c1-2-3-4-5-8(12)11-7(10(15)16)6-9(13)14/h2-5,7H,6H2,1H3,(H,11,12)(H,13,14)(H,15,16)/t7-/m0/s1. The van der Waals surface area contributed by atoms with Crippen LogP contribution in [0.1, 0.15) is 13.3 Å². The average Bonchev–Trinajstić information content (AvgIpc) is 2.16. The SMILES string of the molecule is CC=CC=CC(=O)N[C@@H](CC(=O)O)C(=O)O. The molecule has 1 atom stereocenters. The summed E-state index contributed by atoms with van der Waals surface area (Å²) in [6.45, 7) is 1.76. The number of nitrogens with one attached hydrogen (secondary N) is 1. The summed E-state index contributed by atoms with van der Waals surface area (Å²) in [5.41, 5.74) is 0. The maximum absolute atomic E-state index is 11.1. The maximum atomic E-state index is 11.1. The second kappa shape index (κ2) is 7.22. The van der Waals surface area contributed by atoms with E-state index in [4.69, 9.17) is 10.2 Å². The Balaban J connectivity index is 4.34. The topological polar surface area (TPSA) is 104 Å². The number of hydrogen-bond donors (Lipinski definition) is 3. The van der Waals surface area contributed by atoms with Crippen LogP contribution in [0.5, 0.6) is 0 Å². The molecule has 0 aromatic heterocycles. The van der Waals surface area contributed by atoms with E-state index >= 15 is 0 Å². The van der Waals surface area contributed by atoms with Gasteiger partial charge < -0.3 is 15.5 Å². The molecule has 6 heteroatoms. The van der Waals surface area contributed by atoms with Gasteiger partial charge >= 0.3 is 11.9 Å². The number of rotatable bonds is 6. The largest absolute Gasteiger partial charge is 0.481 e. The van der Waals surface area contributed by atoms with Crippen LogP contribution in [0.25, 0.3) is 0 Å². The minimum absolute atomic E-state index is 0.647. The number of carboxylic acid groups (broad SMARTS) is 2. The van der Waals surface area contributed by atoms with Crippen LogP contribution in [0.4, 0.5) is 0 Å². The van der Waals surface area contributed by atoms with E-state index in [9.17, 15) is 14.4 Å². The predicted molar refractivity (Wildman–Crippen MR) is 55.8 cm³/mol. The molecule has 16 heavy (non-hydrogen) atoms. The van der Waals surface area contributed by atoms with Gasteiger partial charge in [0.05, 0.1) is 6.42 Å². The molecule has 0 aliphatic rings. The van der Waals surface area contributed by atoms with Gasteiger partial charge in [0.25, 0.3) is 0 Å². The summed E-state index contributed by atoms with van der Waals surface area (Å²) < 4.78 is 0. The second-order valence-corrected chi connectivity index (χ2v) is 2.88. The van der Waals surface area contributed by atoms with Crippen LogP contribution in [0.15, 0.2) is 24.3 Å². The molecular weight excluding hydrogens is 214 g/mol. The Morgan fingerprint density at radius 1 is 1.25 bits per heavy atom. The molecule has 0 aliphatic heterocycles. The van der Waals surface area contributed by atoms with Crippen LogP contribution >= 0.6 is 0 Å². The van der Waals surface area contributed by atoms with Gasteiger partial charge in [-0.25, -0.2) is 4.79 Å². The Bertz CT molecular complexity index is 332. The maximum Gasteiger partial charge on any atom is 0.326 e. The minimum Gasteiger partial charge on any atom is -0.481 e. The minimum atomic E-state index is -1.42. The monoisotopic (exact) mass is 227 g/mol. The van der Waals surface area contributed by atoms with E-state index in [0.29, 0.717) is 0 Å². The van der Waals surface area contributed by atoms with Crippen molar-refractivity contribution >= 4 is 17.8 Å². The zero-order valence-electron chi connectivity index (χ0n) is 8.71. The normalized spacial score (nSPS) is 12.8. The van der Waals surface area contributed by atoms with Crippen LogP contribution in [-0.4, -0.2) is 34.1 Å². The first-order valence-corrected chi connectivity index (χ1v) is 4.51. The van der Waals surface area contributed by atoms with Crippen LogP contribution in [0, 0.1) is 0 Å². The first-order chi connectivity index (χ1) is 7.47. The third-order valence-corrected chi connectivity index (χ3v) is 1.54. The molecule has 0 aromatic carbocycles. The van der Waals surface area contributed by atoms with E-state index in [0.717, 1.165) is 6.08 Å². The van der Waals surface area contributed by atoms with Crippen molar-refractivity contribution in [1.29, 1.82) is 0 Å². The zero-order chi connectivity index (χ0) is 12.6. The summed E-state index contributed by atoms with van der Waals surface area (Å²) in [6.07, 6.45) is 5.17. The lowest BCUT2D eigenvalue weighted by Gasteiger charge is -2.09. The van der Waals surface area contributed by atoms with Gasteiger partial charge in [-0.3, -0.25) is 9.59 Å². The number of carboxylic acids is 2. The average molecular weight is 227 g/mol. The number of carbonyl (C=O) groups is 3. The number of aliphatic carboxylic acids is 2. The highest BCUT2D eigenvalue weighted by atomic mass is 16.4. The number of carbonyl (C=O) groups excluding carboxylic acids is 1. The molecule has 3 N–H and O–H groups in total. The Morgan fingerprint density at radius 2 is 1.88 bits per heavy atom. The molecular formula is C10H13NO5. The Labute approximate surface area is 92.3 Å². The summed E-state index contributed by atoms with van der Waals surface area (Å²) in [7, 11) is 0. The summed E-state index contributed by atoms with van der Waals surface area (Å²) in [5, 5.41) is 19.1. The molecule has 0 saturated heterocycles. The van der Waals surface area contributed by atoms with Crippen LogP contribution < -0.4 is 5.32 Å². The molecule has 88 valence electrons. The third-order valence-electron chi connectivity index (χ3n) is 1.54. The van der Waals surface area contributed by atoms with E-state index in [-0.39, 0.29) is 0 Å². The lowest BCUT2D eigenvalue weighted by atomic mass is 10.2. The molecule has 1 amide bonds. The van der Waals surface area contributed by atoms with E-state index in [1.807, 2.05) is 0 Å². The molecule has 0 rings (SSSR count). The highest BCUT2D eigenvalue weighted by Gasteiger charge is 2.21. The Kier molecular flexibility index (Phi) is 6.27. The van der Waals surface area contributed by atoms with E-state index < -0.39 is 30.3 Å². The molecule has 0 saturated carbocycles. The molecule has 0 unspecified atom stereocenters. The van der Waals surface area contributed by atoms with Crippen molar-refractivity contribution in [3.8, 4) is 0 Å². The fourth-order valence-corrected chi connectivity index (χ4v) is 0.849. The fraction of sp³-hybridized carbons (Fsp3) is 0.300. The van der Waals surface area contributed by atoms with Crippen molar-refractivity contribution in [1.82, 2.24) is 5.32 Å². The van der Waals surface area contributed by atoms with Crippen molar-refractivity contribution in [2.24, 2.45) is 0 Å². The molecule has 0 fully saturated rings. The van der Waals surface area contributed by atoms with Crippen molar-refractivity contribution in [2.75, 3.05) is 0 Å². The van der Waals surface area contributed by atoms with E-state index in [1.54, 1.807) is 19.1 Å². The summed E-state index contributed by atoms with van der Waals surface area (Å²) in [6, 6.07) is -1.42. The predicted octanol–water partition coefficient (Wildman–Crippen LogP) is 0.163. The third kappa shape index (κ3) is 6.36. The van der Waals surface area contributed by atoms with Gasteiger partial charge in [-0.2, -0.15) is 0 Å².